The summed E-state index contributed by atoms with van der Waals surface area (Å²) >= 11 is 7.40. The summed E-state index contributed by atoms with van der Waals surface area (Å²) in [5.41, 5.74) is 5.42. The molecule has 162 valence electrons. The van der Waals surface area contributed by atoms with Gasteiger partial charge in [0, 0.05) is 15.7 Å². The Morgan fingerprint density at radius 3 is 2.56 bits per heavy atom. The highest BCUT2D eigenvalue weighted by molar-refractivity contribution is 14.1. The van der Waals surface area contributed by atoms with E-state index in [1.165, 1.54) is 5.56 Å². The predicted molar refractivity (Wildman–Crippen MR) is 140 cm³/mol. The molecule has 0 aliphatic carbocycles. The molecule has 0 radical (unpaired) electrons. The number of nitrogens with zero attached hydrogens (tertiary/aromatic N) is 1. The highest BCUT2D eigenvalue weighted by atomic mass is 127. The minimum absolute atomic E-state index is 0.223. The van der Waals surface area contributed by atoms with Crippen molar-refractivity contribution in [1.82, 2.24) is 15.6 Å². The Kier molecular flexibility index (Phi) is 6.86. The molecule has 5 nitrogen and oxygen atoms in total. The summed E-state index contributed by atoms with van der Waals surface area (Å²) in [5, 5.41) is 6.09. The van der Waals surface area contributed by atoms with Gasteiger partial charge in [-0.2, -0.15) is 0 Å². The Labute approximate surface area is 205 Å². The molecule has 0 fully saturated rings. The zero-order valence-corrected chi connectivity index (χ0v) is 20.7. The number of oxazole rings is 1. The number of rotatable bonds is 5. The minimum atomic E-state index is -0.223. The van der Waals surface area contributed by atoms with E-state index >= 15 is 0 Å². The molecule has 0 atom stereocenters. The fourth-order valence-corrected chi connectivity index (χ4v) is 4.03. The van der Waals surface area contributed by atoms with E-state index in [0.717, 1.165) is 25.8 Å². The second-order valence-corrected chi connectivity index (χ2v) is 9.28. The second-order valence-electron chi connectivity index (χ2n) is 7.71. The number of thiocarbonyl (C=S) groups is 1. The average Bonchev–Trinajstić information content (AvgIpc) is 3.21. The second kappa shape index (κ2) is 9.79. The molecule has 2 N–H and O–H groups in total. The average molecular weight is 555 g/mol. The number of amides is 1. The molecular formula is C25H22IN3O2S. The molecule has 32 heavy (non-hydrogen) atoms. The van der Waals surface area contributed by atoms with Crippen LogP contribution in [0.5, 0.6) is 0 Å². The summed E-state index contributed by atoms with van der Waals surface area (Å²) < 4.78 is 6.80. The van der Waals surface area contributed by atoms with E-state index in [4.69, 9.17) is 16.6 Å². The molecule has 0 aliphatic rings. The van der Waals surface area contributed by atoms with Crippen LogP contribution in [0.1, 0.15) is 41.3 Å². The molecule has 1 heterocycles. The molecule has 3 aromatic carbocycles. The molecule has 0 bridgehead atoms. The van der Waals surface area contributed by atoms with Gasteiger partial charge in [-0.1, -0.05) is 44.2 Å². The van der Waals surface area contributed by atoms with Gasteiger partial charge in [0.1, 0.15) is 5.52 Å². The normalized spacial score (nSPS) is 11.0. The van der Waals surface area contributed by atoms with E-state index in [-0.39, 0.29) is 5.91 Å². The summed E-state index contributed by atoms with van der Waals surface area (Å²) in [6, 6.07) is 21.4. The molecule has 4 aromatic rings. The van der Waals surface area contributed by atoms with Crippen molar-refractivity contribution in [2.24, 2.45) is 0 Å². The van der Waals surface area contributed by atoms with Gasteiger partial charge >= 0.3 is 0 Å². The number of hydrogen-bond acceptors (Lipinski definition) is 4. The molecule has 0 saturated heterocycles. The van der Waals surface area contributed by atoms with Gasteiger partial charge in [-0.05, 0) is 88.3 Å². The number of carbonyl (C=O) groups excluding carboxylic acids is 1. The highest BCUT2D eigenvalue weighted by Gasteiger charge is 2.12. The topological polar surface area (TPSA) is 67.2 Å². The Balaban J connectivity index is 1.38. The summed E-state index contributed by atoms with van der Waals surface area (Å²) in [7, 11) is 0. The van der Waals surface area contributed by atoms with Crippen molar-refractivity contribution in [3.63, 3.8) is 0 Å². The van der Waals surface area contributed by atoms with Crippen LogP contribution in [-0.2, 0) is 6.54 Å². The number of carbonyl (C=O) groups is 1. The largest absolute Gasteiger partial charge is 0.436 e. The smallest absolute Gasteiger partial charge is 0.258 e. The van der Waals surface area contributed by atoms with Crippen LogP contribution < -0.4 is 10.6 Å². The maximum absolute atomic E-state index is 12.4. The lowest BCUT2D eigenvalue weighted by molar-refractivity contribution is 0.0975. The van der Waals surface area contributed by atoms with E-state index in [2.05, 4.69) is 64.2 Å². The summed E-state index contributed by atoms with van der Waals surface area (Å²) in [4.78, 5) is 17.0. The third-order valence-electron chi connectivity index (χ3n) is 5.08. The van der Waals surface area contributed by atoms with Crippen molar-refractivity contribution in [2.45, 2.75) is 26.3 Å². The molecule has 7 heteroatoms. The van der Waals surface area contributed by atoms with E-state index in [1.54, 1.807) is 6.07 Å². The lowest BCUT2D eigenvalue weighted by atomic mass is 10.0. The molecule has 0 saturated carbocycles. The van der Waals surface area contributed by atoms with Crippen LogP contribution >= 0.6 is 34.8 Å². The Bertz CT molecular complexity index is 1280. The number of hydrogen-bond donors (Lipinski definition) is 2. The molecule has 0 spiro atoms. The number of nitrogens with one attached hydrogen (secondary N) is 2. The fraction of sp³-hybridized carbons (Fsp3) is 0.160. The van der Waals surface area contributed by atoms with Crippen LogP contribution in [0.15, 0.2) is 71.1 Å². The first-order chi connectivity index (χ1) is 15.4. The first-order valence-corrected chi connectivity index (χ1v) is 11.7. The van der Waals surface area contributed by atoms with Crippen molar-refractivity contribution in [3.05, 3.63) is 87.0 Å². The van der Waals surface area contributed by atoms with Gasteiger partial charge in [0.15, 0.2) is 10.7 Å². The standard InChI is InChI=1S/C25H22IN3O2S/c1-15(2)18-11-12-22-21(13-18)28-24(31-22)17-9-7-16(8-10-17)14-27-25(32)29-23(30)19-5-3-4-6-20(19)26/h3-13,15H,14H2,1-2H3,(H2,27,29,30,32). The van der Waals surface area contributed by atoms with Crippen molar-refractivity contribution in [3.8, 4) is 11.5 Å². The lowest BCUT2D eigenvalue weighted by Crippen LogP contribution is -2.39. The number of fused-ring (bicyclic) bond motifs is 1. The molecule has 1 amide bonds. The Morgan fingerprint density at radius 2 is 1.84 bits per heavy atom. The van der Waals surface area contributed by atoms with Crippen LogP contribution in [-0.4, -0.2) is 16.0 Å². The maximum Gasteiger partial charge on any atom is 0.258 e. The van der Waals surface area contributed by atoms with Crippen LogP contribution in [0.2, 0.25) is 0 Å². The third-order valence-corrected chi connectivity index (χ3v) is 6.26. The highest BCUT2D eigenvalue weighted by Crippen LogP contribution is 2.27. The summed E-state index contributed by atoms with van der Waals surface area (Å²) in [6.07, 6.45) is 0. The lowest BCUT2D eigenvalue weighted by Gasteiger charge is -2.10. The predicted octanol–water partition coefficient (Wildman–Crippen LogP) is 6.03. The zero-order valence-electron chi connectivity index (χ0n) is 17.7. The number of halogens is 1. The van der Waals surface area contributed by atoms with Gasteiger partial charge in [0.25, 0.3) is 5.91 Å². The van der Waals surface area contributed by atoms with Crippen LogP contribution in [0.25, 0.3) is 22.6 Å². The minimum Gasteiger partial charge on any atom is -0.436 e. The van der Waals surface area contributed by atoms with E-state index in [0.29, 0.717) is 29.0 Å². The van der Waals surface area contributed by atoms with Gasteiger partial charge in [0.05, 0.1) is 5.56 Å². The van der Waals surface area contributed by atoms with Crippen molar-refractivity contribution < 1.29 is 9.21 Å². The van der Waals surface area contributed by atoms with Crippen molar-refractivity contribution in [1.29, 1.82) is 0 Å². The van der Waals surface area contributed by atoms with Gasteiger partial charge in [0.2, 0.25) is 5.89 Å². The zero-order chi connectivity index (χ0) is 22.7. The number of aromatic nitrogens is 1. The Hall–Kier alpha value is -2.78. The quantitative estimate of drug-likeness (QED) is 0.233. The van der Waals surface area contributed by atoms with Gasteiger partial charge in [-0.25, -0.2) is 4.98 Å². The van der Waals surface area contributed by atoms with Crippen LogP contribution in [0, 0.1) is 3.57 Å². The monoisotopic (exact) mass is 555 g/mol. The van der Waals surface area contributed by atoms with Crippen LogP contribution in [0.3, 0.4) is 0 Å². The SMILES string of the molecule is CC(C)c1ccc2oc(-c3ccc(CNC(=S)NC(=O)c4ccccc4I)cc3)nc2c1. The van der Waals surface area contributed by atoms with E-state index in [9.17, 15) is 4.79 Å². The van der Waals surface area contributed by atoms with Gasteiger partial charge in [-0.15, -0.1) is 0 Å². The molecular weight excluding hydrogens is 533 g/mol. The first kappa shape index (κ1) is 22.4. The van der Waals surface area contributed by atoms with Crippen LogP contribution in [0.4, 0.5) is 0 Å². The molecule has 4 rings (SSSR count). The Morgan fingerprint density at radius 1 is 1.09 bits per heavy atom. The third kappa shape index (κ3) is 5.16. The van der Waals surface area contributed by atoms with Gasteiger partial charge < -0.3 is 9.73 Å². The van der Waals surface area contributed by atoms with Gasteiger partial charge in [-0.3, -0.25) is 10.1 Å². The molecule has 1 aromatic heterocycles. The first-order valence-electron chi connectivity index (χ1n) is 10.2. The van der Waals surface area contributed by atoms with E-state index < -0.39 is 0 Å². The fourth-order valence-electron chi connectivity index (χ4n) is 3.23. The molecule has 0 aliphatic heterocycles. The summed E-state index contributed by atoms with van der Waals surface area (Å²) in [6.45, 7) is 4.82. The molecule has 0 unspecified atom stereocenters. The van der Waals surface area contributed by atoms with Crippen molar-refractivity contribution in [2.75, 3.05) is 0 Å². The summed E-state index contributed by atoms with van der Waals surface area (Å²) in [5.74, 6) is 0.818. The maximum atomic E-state index is 12.4. The van der Waals surface area contributed by atoms with E-state index in [1.807, 2.05) is 48.5 Å². The number of benzene rings is 3. The van der Waals surface area contributed by atoms with Crippen molar-refractivity contribution >= 4 is 56.9 Å².